The van der Waals surface area contributed by atoms with E-state index in [0.29, 0.717) is 6.61 Å². The van der Waals surface area contributed by atoms with Gasteiger partial charge in [-0.05, 0) is 44.4 Å². The number of ether oxygens (including phenoxy) is 1. The fourth-order valence-corrected chi connectivity index (χ4v) is 1.93. The van der Waals surface area contributed by atoms with E-state index in [-0.39, 0.29) is 5.60 Å². The van der Waals surface area contributed by atoms with Crippen LogP contribution in [0.5, 0.6) is 5.75 Å². The monoisotopic (exact) mass is 249 g/mol. The van der Waals surface area contributed by atoms with Gasteiger partial charge in [0.2, 0.25) is 0 Å². The van der Waals surface area contributed by atoms with Gasteiger partial charge in [0, 0.05) is 6.61 Å². The molecule has 0 aromatic heterocycles. The molecule has 0 unspecified atom stereocenters. The summed E-state index contributed by atoms with van der Waals surface area (Å²) in [5, 5.41) is 8.40. The first-order chi connectivity index (χ1) is 8.57. The summed E-state index contributed by atoms with van der Waals surface area (Å²) in [5.74, 6) is 0.895. The topological polar surface area (TPSA) is 38.7 Å². The van der Waals surface area contributed by atoms with Crippen LogP contribution in [0.4, 0.5) is 0 Å². The van der Waals surface area contributed by atoms with Crippen molar-refractivity contribution in [3.63, 3.8) is 0 Å². The maximum absolute atomic E-state index is 8.40. The first-order valence-corrected chi connectivity index (χ1v) is 6.43. The maximum atomic E-state index is 8.40. The summed E-state index contributed by atoms with van der Waals surface area (Å²) in [6.07, 6.45) is 2.92. The van der Waals surface area contributed by atoms with Crippen molar-refractivity contribution in [1.82, 2.24) is 0 Å². The largest absolute Gasteiger partial charge is 0.488 e. The van der Waals surface area contributed by atoms with Crippen molar-refractivity contribution in [3.05, 3.63) is 29.8 Å². The molecule has 1 radical (unpaired) electrons. The Balaban J connectivity index is 2.49. The van der Waals surface area contributed by atoms with Gasteiger partial charge in [-0.3, -0.25) is 0 Å². The molecule has 0 aliphatic carbocycles. The molecule has 0 spiro atoms. The molecule has 4 heteroatoms. The minimum Gasteiger partial charge on any atom is -0.488 e. The highest BCUT2D eigenvalue weighted by Crippen LogP contribution is 2.22. The molecule has 18 heavy (non-hydrogen) atoms. The fraction of sp³-hybridized carbons (Fsp3) is 0.571. The second kappa shape index (κ2) is 7.44. The summed E-state index contributed by atoms with van der Waals surface area (Å²) >= 11 is 0. The lowest BCUT2D eigenvalue weighted by atomic mass is 10.0. The van der Waals surface area contributed by atoms with E-state index in [1.54, 1.807) is 0 Å². The highest BCUT2D eigenvalue weighted by atomic mass is 16.5. The molecule has 1 aromatic rings. The summed E-state index contributed by atoms with van der Waals surface area (Å²) in [5.41, 5.74) is 1.04. The number of hydrogen-bond donors (Lipinski definition) is 1. The third-order valence-electron chi connectivity index (χ3n) is 2.75. The van der Waals surface area contributed by atoms with E-state index in [1.807, 2.05) is 24.3 Å². The lowest BCUT2D eigenvalue weighted by molar-refractivity contribution is 0.0985. The van der Waals surface area contributed by atoms with Crippen LogP contribution in [-0.4, -0.2) is 24.9 Å². The van der Waals surface area contributed by atoms with Crippen LogP contribution < -0.4 is 4.74 Å². The molecule has 0 saturated carbocycles. The van der Waals surface area contributed by atoms with Gasteiger partial charge in [-0.1, -0.05) is 25.5 Å². The molecule has 1 aromatic carbocycles. The summed E-state index contributed by atoms with van der Waals surface area (Å²) in [6, 6.07) is 8.01. The van der Waals surface area contributed by atoms with Gasteiger partial charge in [0.15, 0.2) is 0 Å². The molecule has 0 aliphatic rings. The zero-order valence-electron chi connectivity index (χ0n) is 11.5. The van der Waals surface area contributed by atoms with Crippen molar-refractivity contribution >= 4 is 7.69 Å². The minimum atomic E-state index is -0.120. The van der Waals surface area contributed by atoms with E-state index in [0.717, 1.165) is 38.3 Å². The highest BCUT2D eigenvalue weighted by molar-refractivity contribution is 6.15. The van der Waals surface area contributed by atoms with Crippen molar-refractivity contribution in [2.45, 2.75) is 45.6 Å². The van der Waals surface area contributed by atoms with E-state index in [4.69, 9.17) is 14.4 Å². The van der Waals surface area contributed by atoms with Gasteiger partial charge in [-0.15, -0.1) is 0 Å². The van der Waals surface area contributed by atoms with Crippen molar-refractivity contribution in [2.75, 3.05) is 6.61 Å². The second-order valence-corrected chi connectivity index (χ2v) is 4.98. The molecule has 0 bridgehead atoms. The first kappa shape index (κ1) is 15.1. The van der Waals surface area contributed by atoms with Gasteiger partial charge in [0.05, 0.1) is 0 Å². The van der Waals surface area contributed by atoms with Crippen molar-refractivity contribution in [1.29, 1.82) is 0 Å². The van der Waals surface area contributed by atoms with Crippen LogP contribution in [0.25, 0.3) is 0 Å². The summed E-state index contributed by atoms with van der Waals surface area (Å²) < 4.78 is 10.7. The molecule has 1 N–H and O–H groups in total. The normalized spacial score (nSPS) is 11.3. The molecule has 1 rings (SSSR count). The van der Waals surface area contributed by atoms with Crippen LogP contribution >= 0.6 is 0 Å². The van der Waals surface area contributed by atoms with E-state index in [1.165, 1.54) is 0 Å². The molecular formula is C14H22BO3. The standard InChI is InChI=1S/C14H22BO3/c1-4-10-14(2,3)18-13-7-5-12(6-8-13)9-11-17-15-16/h5-8,16H,4,9-11H2,1-3H3. The Labute approximate surface area is 110 Å². The third-order valence-corrected chi connectivity index (χ3v) is 2.75. The number of benzene rings is 1. The van der Waals surface area contributed by atoms with Crippen LogP contribution in [0.3, 0.4) is 0 Å². The van der Waals surface area contributed by atoms with Gasteiger partial charge in [-0.2, -0.15) is 0 Å². The zero-order valence-corrected chi connectivity index (χ0v) is 11.5. The summed E-state index contributed by atoms with van der Waals surface area (Å²) in [6.45, 7) is 6.86. The molecule has 99 valence electrons. The Kier molecular flexibility index (Phi) is 6.23. The Morgan fingerprint density at radius 3 is 2.44 bits per heavy atom. The molecule has 0 amide bonds. The first-order valence-electron chi connectivity index (χ1n) is 6.43. The Hall–Kier alpha value is -0.995. The minimum absolute atomic E-state index is 0.120. The predicted molar refractivity (Wildman–Crippen MR) is 73.7 cm³/mol. The van der Waals surface area contributed by atoms with Crippen molar-refractivity contribution in [3.8, 4) is 5.75 Å². The van der Waals surface area contributed by atoms with Crippen LogP contribution in [0.15, 0.2) is 24.3 Å². The molecule has 0 saturated heterocycles. The summed E-state index contributed by atoms with van der Waals surface area (Å²) in [7, 11) is 0.727. The molecule has 3 nitrogen and oxygen atoms in total. The van der Waals surface area contributed by atoms with Gasteiger partial charge in [0.1, 0.15) is 11.4 Å². The average Bonchev–Trinajstić information content (AvgIpc) is 2.31. The molecule has 0 fully saturated rings. The number of rotatable bonds is 8. The van der Waals surface area contributed by atoms with Gasteiger partial charge < -0.3 is 14.4 Å². The second-order valence-electron chi connectivity index (χ2n) is 4.98. The van der Waals surface area contributed by atoms with Gasteiger partial charge in [0.25, 0.3) is 0 Å². The fourth-order valence-electron chi connectivity index (χ4n) is 1.93. The molecule has 0 aliphatic heterocycles. The van der Waals surface area contributed by atoms with Crippen LogP contribution in [-0.2, 0) is 11.1 Å². The quantitative estimate of drug-likeness (QED) is 0.568. The molecule has 0 heterocycles. The van der Waals surface area contributed by atoms with Crippen LogP contribution in [0, 0.1) is 0 Å². The van der Waals surface area contributed by atoms with E-state index in [2.05, 4.69) is 20.8 Å². The Morgan fingerprint density at radius 2 is 1.89 bits per heavy atom. The average molecular weight is 249 g/mol. The summed E-state index contributed by atoms with van der Waals surface area (Å²) in [4.78, 5) is 0. The van der Waals surface area contributed by atoms with Gasteiger partial charge in [-0.25, -0.2) is 0 Å². The van der Waals surface area contributed by atoms with Crippen LogP contribution in [0.1, 0.15) is 39.2 Å². The predicted octanol–water partition coefficient (Wildman–Crippen LogP) is 2.73. The van der Waals surface area contributed by atoms with E-state index >= 15 is 0 Å². The SMILES string of the molecule is CCCC(C)(C)Oc1ccc(CCO[B]O)cc1. The van der Waals surface area contributed by atoms with Crippen LogP contribution in [0.2, 0.25) is 0 Å². The third kappa shape index (κ3) is 5.56. The Bertz CT molecular complexity index is 335. The highest BCUT2D eigenvalue weighted by Gasteiger charge is 2.18. The van der Waals surface area contributed by atoms with E-state index < -0.39 is 0 Å². The number of hydrogen-bond acceptors (Lipinski definition) is 3. The lowest BCUT2D eigenvalue weighted by Gasteiger charge is -2.26. The Morgan fingerprint density at radius 1 is 1.22 bits per heavy atom. The maximum Gasteiger partial charge on any atom is 0.485 e. The lowest BCUT2D eigenvalue weighted by Crippen LogP contribution is -2.27. The molecular weight excluding hydrogens is 227 g/mol. The van der Waals surface area contributed by atoms with Crippen molar-refractivity contribution < 1.29 is 14.4 Å². The smallest absolute Gasteiger partial charge is 0.485 e. The molecule has 0 atom stereocenters. The van der Waals surface area contributed by atoms with E-state index in [9.17, 15) is 0 Å². The van der Waals surface area contributed by atoms with Crippen molar-refractivity contribution in [2.24, 2.45) is 0 Å². The van der Waals surface area contributed by atoms with Gasteiger partial charge >= 0.3 is 7.69 Å². The zero-order chi connectivity index (χ0) is 13.4.